The van der Waals surface area contributed by atoms with Gasteiger partial charge in [-0.1, -0.05) is 12.1 Å². The normalized spacial score (nSPS) is 22.8. The van der Waals surface area contributed by atoms with Crippen molar-refractivity contribution in [2.75, 3.05) is 31.5 Å². The van der Waals surface area contributed by atoms with Gasteiger partial charge in [0.05, 0.1) is 5.92 Å². The van der Waals surface area contributed by atoms with Gasteiger partial charge in [-0.2, -0.15) is 0 Å². The number of hydrogen-bond acceptors (Lipinski definition) is 2. The van der Waals surface area contributed by atoms with Crippen molar-refractivity contribution in [1.82, 2.24) is 9.80 Å². The molecule has 26 heavy (non-hydrogen) atoms. The van der Waals surface area contributed by atoms with Crippen molar-refractivity contribution in [2.45, 2.75) is 51.4 Å². The Hall–Kier alpha value is -2.04. The molecular weight excluding hydrogens is 326 g/mol. The number of amides is 3. The van der Waals surface area contributed by atoms with Gasteiger partial charge in [-0.15, -0.1) is 0 Å². The largest absolute Gasteiger partial charge is 0.326 e. The van der Waals surface area contributed by atoms with Gasteiger partial charge in [0.2, 0.25) is 5.91 Å². The number of carbonyl (C=O) groups is 2. The van der Waals surface area contributed by atoms with Crippen LogP contribution in [0, 0.1) is 5.92 Å². The summed E-state index contributed by atoms with van der Waals surface area (Å²) in [6.07, 6.45) is 8.57. The van der Waals surface area contributed by atoms with Gasteiger partial charge in [0.15, 0.2) is 0 Å². The van der Waals surface area contributed by atoms with E-state index < -0.39 is 0 Å². The Labute approximate surface area is 155 Å². The molecule has 2 fully saturated rings. The second kappa shape index (κ2) is 7.68. The Kier molecular flexibility index (Phi) is 5.14. The lowest BCUT2D eigenvalue weighted by Gasteiger charge is -2.34. The first-order valence-corrected chi connectivity index (χ1v) is 10.2. The molecule has 2 saturated heterocycles. The van der Waals surface area contributed by atoms with Gasteiger partial charge in [-0.25, -0.2) is 4.79 Å². The number of nitrogens with zero attached hydrogens (tertiary/aromatic N) is 2. The topological polar surface area (TPSA) is 52.7 Å². The SMILES string of the molecule is O=C(Nc1cccc2c1CCCC2)[C@H]1CCCN(C(=O)N2CCCC2)C1. The predicted octanol–water partition coefficient (Wildman–Crippen LogP) is 3.43. The van der Waals surface area contributed by atoms with Gasteiger partial charge in [0.1, 0.15) is 0 Å². The highest BCUT2D eigenvalue weighted by Crippen LogP contribution is 2.29. The number of likely N-dealkylation sites (tertiary alicyclic amines) is 2. The van der Waals surface area contributed by atoms with E-state index in [-0.39, 0.29) is 17.9 Å². The number of hydrogen-bond donors (Lipinski definition) is 1. The molecule has 0 unspecified atom stereocenters. The van der Waals surface area contributed by atoms with Gasteiger partial charge in [-0.3, -0.25) is 4.79 Å². The lowest BCUT2D eigenvalue weighted by atomic mass is 9.90. The molecule has 1 atom stereocenters. The first-order chi connectivity index (χ1) is 12.7. The monoisotopic (exact) mass is 355 g/mol. The molecule has 0 radical (unpaired) electrons. The van der Waals surface area contributed by atoms with Crippen LogP contribution in [0.1, 0.15) is 49.7 Å². The van der Waals surface area contributed by atoms with Crippen molar-refractivity contribution in [2.24, 2.45) is 5.92 Å². The molecule has 2 aliphatic heterocycles. The molecule has 5 heteroatoms. The first kappa shape index (κ1) is 17.4. The summed E-state index contributed by atoms with van der Waals surface area (Å²) in [4.78, 5) is 29.3. The number of piperidine rings is 1. The van der Waals surface area contributed by atoms with Gasteiger partial charge in [0, 0.05) is 31.9 Å². The third-order valence-corrected chi connectivity index (χ3v) is 6.09. The molecule has 3 aliphatic rings. The smallest absolute Gasteiger partial charge is 0.320 e. The Bertz CT molecular complexity index is 682. The second-order valence-corrected chi connectivity index (χ2v) is 7.90. The Morgan fingerprint density at radius 2 is 1.69 bits per heavy atom. The van der Waals surface area contributed by atoms with E-state index in [1.165, 1.54) is 24.0 Å². The minimum atomic E-state index is -0.102. The van der Waals surface area contributed by atoms with Gasteiger partial charge in [-0.05, 0) is 68.6 Å². The highest BCUT2D eigenvalue weighted by Gasteiger charge is 2.31. The van der Waals surface area contributed by atoms with E-state index in [1.807, 2.05) is 21.9 Å². The van der Waals surface area contributed by atoms with Crippen molar-refractivity contribution in [3.8, 4) is 0 Å². The van der Waals surface area contributed by atoms with E-state index >= 15 is 0 Å². The molecule has 3 amide bonds. The van der Waals surface area contributed by atoms with Crippen molar-refractivity contribution in [3.63, 3.8) is 0 Å². The van der Waals surface area contributed by atoms with Crippen LogP contribution in [0.25, 0.3) is 0 Å². The Balaban J connectivity index is 1.41. The van der Waals surface area contributed by atoms with Crippen LogP contribution in [0.3, 0.4) is 0 Å². The van der Waals surface area contributed by atoms with Crippen LogP contribution < -0.4 is 5.32 Å². The highest BCUT2D eigenvalue weighted by atomic mass is 16.2. The fourth-order valence-corrected chi connectivity index (χ4v) is 4.61. The molecule has 5 nitrogen and oxygen atoms in total. The third-order valence-electron chi connectivity index (χ3n) is 6.09. The summed E-state index contributed by atoms with van der Waals surface area (Å²) in [6.45, 7) is 3.06. The molecule has 1 aromatic carbocycles. The number of benzene rings is 1. The van der Waals surface area contributed by atoms with E-state index in [9.17, 15) is 9.59 Å². The van der Waals surface area contributed by atoms with E-state index in [4.69, 9.17) is 0 Å². The number of fused-ring (bicyclic) bond motifs is 1. The molecule has 0 spiro atoms. The van der Waals surface area contributed by atoms with Gasteiger partial charge < -0.3 is 15.1 Å². The first-order valence-electron chi connectivity index (χ1n) is 10.2. The Morgan fingerprint density at radius 1 is 0.923 bits per heavy atom. The number of anilines is 1. The van der Waals surface area contributed by atoms with E-state index in [2.05, 4.69) is 11.4 Å². The lowest BCUT2D eigenvalue weighted by Crippen LogP contribution is -2.48. The van der Waals surface area contributed by atoms with Crippen LogP contribution in [0.4, 0.5) is 10.5 Å². The molecule has 0 saturated carbocycles. The predicted molar refractivity (Wildman–Crippen MR) is 102 cm³/mol. The summed E-state index contributed by atoms with van der Waals surface area (Å²) in [5, 5.41) is 3.18. The minimum absolute atomic E-state index is 0.0721. The summed E-state index contributed by atoms with van der Waals surface area (Å²) in [6, 6.07) is 6.38. The molecule has 2 heterocycles. The summed E-state index contributed by atoms with van der Waals surface area (Å²) >= 11 is 0. The second-order valence-electron chi connectivity index (χ2n) is 7.90. The zero-order chi connectivity index (χ0) is 17.9. The quantitative estimate of drug-likeness (QED) is 0.884. The number of urea groups is 1. The van der Waals surface area contributed by atoms with Crippen LogP contribution in [0.15, 0.2) is 18.2 Å². The summed E-state index contributed by atoms with van der Waals surface area (Å²) in [7, 11) is 0. The van der Waals surface area contributed by atoms with E-state index in [0.717, 1.165) is 63.8 Å². The average Bonchev–Trinajstić information content (AvgIpc) is 3.22. The molecule has 4 rings (SSSR count). The minimum Gasteiger partial charge on any atom is -0.326 e. The van der Waals surface area contributed by atoms with Crippen molar-refractivity contribution < 1.29 is 9.59 Å². The maximum Gasteiger partial charge on any atom is 0.320 e. The number of carbonyl (C=O) groups excluding carboxylic acids is 2. The summed E-state index contributed by atoms with van der Waals surface area (Å²) < 4.78 is 0. The molecule has 0 aromatic heterocycles. The lowest BCUT2D eigenvalue weighted by molar-refractivity contribution is -0.121. The maximum absolute atomic E-state index is 12.9. The van der Waals surface area contributed by atoms with Gasteiger partial charge in [0.25, 0.3) is 0 Å². The fourth-order valence-electron chi connectivity index (χ4n) is 4.61. The zero-order valence-electron chi connectivity index (χ0n) is 15.5. The molecule has 0 bridgehead atoms. The molecule has 1 aromatic rings. The van der Waals surface area contributed by atoms with Crippen molar-refractivity contribution >= 4 is 17.6 Å². The molecule has 140 valence electrons. The van der Waals surface area contributed by atoms with E-state index in [1.54, 1.807) is 0 Å². The van der Waals surface area contributed by atoms with Crippen LogP contribution >= 0.6 is 0 Å². The third kappa shape index (κ3) is 3.57. The highest BCUT2D eigenvalue weighted by molar-refractivity contribution is 5.94. The van der Waals surface area contributed by atoms with Crippen molar-refractivity contribution in [3.05, 3.63) is 29.3 Å². The molecule has 1 N–H and O–H groups in total. The van der Waals surface area contributed by atoms with Crippen LogP contribution in [0.5, 0.6) is 0 Å². The molecule has 1 aliphatic carbocycles. The number of aryl methyl sites for hydroxylation is 1. The Morgan fingerprint density at radius 3 is 2.54 bits per heavy atom. The maximum atomic E-state index is 12.9. The summed E-state index contributed by atoms with van der Waals surface area (Å²) in [5.74, 6) is -0.0300. The van der Waals surface area contributed by atoms with Crippen LogP contribution in [0.2, 0.25) is 0 Å². The number of nitrogens with one attached hydrogen (secondary N) is 1. The van der Waals surface area contributed by atoms with Gasteiger partial charge >= 0.3 is 6.03 Å². The number of rotatable bonds is 2. The van der Waals surface area contributed by atoms with Crippen LogP contribution in [-0.2, 0) is 17.6 Å². The standard InChI is InChI=1S/C21H29N3O2/c25-20(22-19-11-5-8-16-7-1-2-10-18(16)19)17-9-6-14-24(15-17)21(26)23-12-3-4-13-23/h5,8,11,17H,1-4,6-7,9-10,12-15H2,(H,22,25)/t17-/m0/s1. The fraction of sp³-hybridized carbons (Fsp3) is 0.619. The zero-order valence-corrected chi connectivity index (χ0v) is 15.5. The van der Waals surface area contributed by atoms with Crippen molar-refractivity contribution in [1.29, 1.82) is 0 Å². The molecular formula is C21H29N3O2. The average molecular weight is 355 g/mol. The van der Waals surface area contributed by atoms with Crippen LogP contribution in [-0.4, -0.2) is 47.9 Å². The van der Waals surface area contributed by atoms with E-state index in [0.29, 0.717) is 6.54 Å². The summed E-state index contributed by atoms with van der Waals surface area (Å²) in [5.41, 5.74) is 3.67.